The van der Waals surface area contributed by atoms with Crippen LogP contribution in [0.25, 0.3) is 27.5 Å². The van der Waals surface area contributed by atoms with E-state index < -0.39 is 16.1 Å². The first kappa shape index (κ1) is 54.9. The van der Waals surface area contributed by atoms with Crippen molar-refractivity contribution in [1.82, 2.24) is 4.57 Å². The van der Waals surface area contributed by atoms with Crippen LogP contribution < -0.4 is 46.1 Å². The van der Waals surface area contributed by atoms with Gasteiger partial charge < -0.3 is 14.4 Å². The van der Waals surface area contributed by atoms with E-state index in [9.17, 15) is 0 Å². The zero-order chi connectivity index (χ0) is 58.9. The minimum Gasteiger partial charge on any atom is -0.310 e. The quantitative estimate of drug-likeness (QED) is 0.0749. The molecule has 0 saturated carbocycles. The number of allylic oxidation sites excluding steroid dienone is 4. The van der Waals surface area contributed by atoms with Crippen LogP contribution in [0.5, 0.6) is 0 Å². The van der Waals surface area contributed by atoms with Crippen LogP contribution in [0.1, 0.15) is 35.1 Å². The van der Waals surface area contributed by atoms with E-state index in [-0.39, 0.29) is 0 Å². The van der Waals surface area contributed by atoms with Crippen LogP contribution in [0, 0.1) is 27.7 Å². The molecule has 0 saturated heterocycles. The number of aromatic nitrogens is 1. The maximum Gasteiger partial charge on any atom is 0.179 e. The van der Waals surface area contributed by atoms with Crippen molar-refractivity contribution in [3.8, 4) is 5.69 Å². The molecule has 1 heterocycles. The molecule has 1 aromatic heterocycles. The van der Waals surface area contributed by atoms with Crippen molar-refractivity contribution in [1.29, 1.82) is 0 Å². The smallest absolute Gasteiger partial charge is 0.179 e. The molecule has 0 unspecified atom stereocenters. The Bertz CT molecular complexity index is 4280. The summed E-state index contributed by atoms with van der Waals surface area (Å²) < 4.78 is 2.57. The first-order chi connectivity index (χ1) is 42.8. The fraction of sp³-hybridized carbons (Fsp3) is 0.0732. The van der Waals surface area contributed by atoms with Crippen molar-refractivity contribution in [2.24, 2.45) is 0 Å². The number of hydrogen-bond donors (Lipinski definition) is 0. The predicted molar refractivity (Wildman–Crippen MR) is 377 cm³/mol. The summed E-state index contributed by atoms with van der Waals surface area (Å²) in [6.07, 6.45) is 9.11. The molecule has 5 heteroatoms. The second-order valence-corrected chi connectivity index (χ2v) is 31.2. The largest absolute Gasteiger partial charge is 0.310 e. The zero-order valence-electron chi connectivity index (χ0n) is 49.9. The Balaban J connectivity index is 1.13. The van der Waals surface area contributed by atoms with Gasteiger partial charge in [-0.15, -0.1) is 0 Å². The highest BCUT2D eigenvalue weighted by molar-refractivity contribution is 7.20. The number of aryl methyl sites for hydroxylation is 4. The lowest BCUT2D eigenvalue weighted by atomic mass is 10.1. The van der Waals surface area contributed by atoms with E-state index in [2.05, 4.69) is 364 Å². The summed E-state index contributed by atoms with van der Waals surface area (Å²) >= 11 is 0. The Hall–Kier alpha value is -10.0. The highest BCUT2D eigenvalue weighted by Crippen LogP contribution is 2.44. The predicted octanol–water partition coefficient (Wildman–Crippen LogP) is 16.6. The van der Waals surface area contributed by atoms with Gasteiger partial charge in [0.25, 0.3) is 0 Å². The fourth-order valence-corrected chi connectivity index (χ4v) is 23.6. The van der Waals surface area contributed by atoms with E-state index >= 15 is 0 Å². The van der Waals surface area contributed by atoms with Crippen molar-refractivity contribution >= 4 is 108 Å². The van der Waals surface area contributed by atoms with Crippen LogP contribution in [0.15, 0.2) is 327 Å². The van der Waals surface area contributed by atoms with Crippen LogP contribution in [-0.2, 0) is 0 Å². The Morgan fingerprint density at radius 3 is 0.943 bits per heavy atom. The average molecular weight is 1150 g/mol. The molecule has 420 valence electrons. The summed E-state index contributed by atoms with van der Waals surface area (Å²) in [5.41, 5.74) is 14.6. The molecule has 0 atom stereocenters. The second kappa shape index (κ2) is 23.4. The molecule has 0 aliphatic heterocycles. The van der Waals surface area contributed by atoms with Gasteiger partial charge >= 0.3 is 0 Å². The van der Waals surface area contributed by atoms with Gasteiger partial charge in [0.05, 0.1) is 28.1 Å². The molecule has 1 aliphatic carbocycles. The van der Waals surface area contributed by atoms with Gasteiger partial charge in [0.15, 0.2) is 16.1 Å². The number of anilines is 6. The fourth-order valence-electron chi connectivity index (χ4n) is 13.8. The molecular weight excluding hydrogens is 1080 g/mol. The molecule has 1 aliphatic rings. The third-order valence-electron chi connectivity index (χ3n) is 18.0. The third kappa shape index (κ3) is 9.99. The van der Waals surface area contributed by atoms with Crippen molar-refractivity contribution in [2.45, 2.75) is 40.5 Å². The molecule has 0 fully saturated rings. The van der Waals surface area contributed by atoms with Crippen molar-refractivity contribution in [3.63, 3.8) is 0 Å². The van der Waals surface area contributed by atoms with E-state index in [4.69, 9.17) is 0 Å². The summed E-state index contributed by atoms with van der Waals surface area (Å²) in [5.74, 6) is 0. The number of rotatable bonds is 15. The molecule has 87 heavy (non-hydrogen) atoms. The molecule has 0 bridgehead atoms. The zero-order valence-corrected chi connectivity index (χ0v) is 51.9. The highest BCUT2D eigenvalue weighted by Gasteiger charge is 2.44. The third-order valence-corrected chi connectivity index (χ3v) is 27.7. The number of benzene rings is 12. The average Bonchev–Trinajstić information content (AvgIpc) is 1.75. The Kier molecular flexibility index (Phi) is 14.8. The van der Waals surface area contributed by atoms with Gasteiger partial charge in [0.2, 0.25) is 0 Å². The molecule has 3 nitrogen and oxygen atoms in total. The monoisotopic (exact) mass is 1150 g/mol. The SMILES string of the molecule is Cc1ccc(N(c2ccc(C)cc2)c2cc(N(c3ccc(C)cc3)c3ccc(C)cc3)cc(-n3c4ccc([Si](C5=CC=CCC5)(c5ccccc5)c5ccccc5)cc4c4cc([Si](c5ccccc5)(c5ccccc5)c5ccccc5)ccc43)c2)cc1. The summed E-state index contributed by atoms with van der Waals surface area (Å²) in [6.45, 7) is 8.67. The lowest BCUT2D eigenvalue weighted by molar-refractivity contribution is 1.01. The highest BCUT2D eigenvalue weighted by atomic mass is 28.3. The Morgan fingerprint density at radius 1 is 0.299 bits per heavy atom. The van der Waals surface area contributed by atoms with Gasteiger partial charge in [0.1, 0.15) is 0 Å². The van der Waals surface area contributed by atoms with Gasteiger partial charge in [-0.1, -0.05) is 270 Å². The number of fused-ring (bicyclic) bond motifs is 3. The number of hydrogen-bond acceptors (Lipinski definition) is 2. The van der Waals surface area contributed by atoms with E-state index in [1.54, 1.807) is 0 Å². The molecule has 0 amide bonds. The van der Waals surface area contributed by atoms with E-state index in [1.165, 1.54) is 74.5 Å². The standard InChI is InChI=1S/C82H69N3Si2/c1-60-35-43-64(44-36-60)83(65-45-37-61(2)38-46-65)68-55-69(84(66-47-39-62(3)40-48-66)67-49-41-63(4)42-50-67)57-70(56-68)85-81-53-51-77(86(71-23-11-5-12-24-71,72-25-13-6-14-26-72)73-27-15-7-16-28-73)58-79(81)80-59-78(52-54-82(80)85)87(74-29-17-8-18-30-74,75-31-19-9-20-32-75)76-33-21-10-22-34-76/h5-21,23-33,35-59H,22,34H2,1-4H3. The van der Waals surface area contributed by atoms with Crippen molar-refractivity contribution in [2.75, 3.05) is 9.80 Å². The maximum absolute atomic E-state index is 3.00. The second-order valence-electron chi connectivity index (χ2n) is 23.5. The van der Waals surface area contributed by atoms with E-state index in [0.29, 0.717) is 0 Å². The molecular formula is C82H69N3Si2. The van der Waals surface area contributed by atoms with Gasteiger partial charge in [-0.3, -0.25) is 0 Å². The summed E-state index contributed by atoms with van der Waals surface area (Å²) in [4.78, 5) is 4.87. The molecule has 0 spiro atoms. The summed E-state index contributed by atoms with van der Waals surface area (Å²) in [7, 11) is -5.93. The first-order valence-electron chi connectivity index (χ1n) is 30.5. The molecule has 13 aromatic rings. The summed E-state index contributed by atoms with van der Waals surface area (Å²) in [6, 6.07) is 115. The lowest BCUT2D eigenvalue weighted by Gasteiger charge is -2.37. The van der Waals surface area contributed by atoms with Gasteiger partial charge in [-0.2, -0.15) is 0 Å². The van der Waals surface area contributed by atoms with Crippen LogP contribution in [0.4, 0.5) is 34.1 Å². The minimum absolute atomic E-state index is 1.00. The molecule has 0 radical (unpaired) electrons. The summed E-state index contributed by atoms with van der Waals surface area (Å²) in [5, 5.41) is 13.5. The van der Waals surface area contributed by atoms with Crippen molar-refractivity contribution in [3.05, 3.63) is 349 Å². The van der Waals surface area contributed by atoms with Crippen LogP contribution >= 0.6 is 0 Å². The van der Waals surface area contributed by atoms with Crippen molar-refractivity contribution < 1.29 is 0 Å². The molecule has 12 aromatic carbocycles. The molecule has 0 N–H and O–H groups in total. The van der Waals surface area contributed by atoms with Crippen LogP contribution in [0.2, 0.25) is 0 Å². The van der Waals surface area contributed by atoms with Gasteiger partial charge in [0, 0.05) is 33.5 Å². The Labute approximate surface area is 514 Å². The van der Waals surface area contributed by atoms with Gasteiger partial charge in [-0.25, -0.2) is 0 Å². The Morgan fingerprint density at radius 2 is 0.621 bits per heavy atom. The number of nitrogens with zero attached hydrogens (tertiary/aromatic N) is 3. The topological polar surface area (TPSA) is 11.4 Å². The van der Waals surface area contributed by atoms with Crippen LogP contribution in [-0.4, -0.2) is 20.7 Å². The maximum atomic E-state index is 2.63. The normalized spacial score (nSPS) is 12.5. The first-order valence-corrected chi connectivity index (χ1v) is 34.5. The molecule has 14 rings (SSSR count). The van der Waals surface area contributed by atoms with E-state index in [0.717, 1.165) is 63.7 Å². The minimum atomic E-state index is -3.00. The van der Waals surface area contributed by atoms with Crippen LogP contribution in [0.3, 0.4) is 0 Å². The lowest BCUT2D eigenvalue weighted by Crippen LogP contribution is -2.74. The van der Waals surface area contributed by atoms with E-state index in [1.807, 2.05) is 0 Å². The van der Waals surface area contributed by atoms with Gasteiger partial charge in [-0.05, 0) is 156 Å².